The molecule has 0 saturated carbocycles. The van der Waals surface area contributed by atoms with Crippen molar-refractivity contribution < 1.29 is 43.7 Å². The molecule has 0 aromatic heterocycles. The molecule has 0 unspecified atom stereocenters. The molecule has 2 rings (SSSR count). The van der Waals surface area contributed by atoms with Crippen LogP contribution in [0.1, 0.15) is 26.2 Å². The molecule has 1 fully saturated rings. The number of esters is 1. The van der Waals surface area contributed by atoms with Gasteiger partial charge in [-0.25, -0.2) is 0 Å². The van der Waals surface area contributed by atoms with Crippen LogP contribution in [0.2, 0.25) is 0 Å². The van der Waals surface area contributed by atoms with Crippen molar-refractivity contribution in [2.75, 3.05) is 12.4 Å². The Labute approximate surface area is 163 Å². The highest BCUT2D eigenvalue weighted by molar-refractivity contribution is 8.00. The van der Waals surface area contributed by atoms with E-state index in [2.05, 4.69) is 5.32 Å². The smallest absolute Gasteiger partial charge is 0.302 e. The molecule has 1 saturated heterocycles. The van der Waals surface area contributed by atoms with Gasteiger partial charge in [0.15, 0.2) is 5.78 Å². The third-order valence-electron chi connectivity index (χ3n) is 4.04. The highest BCUT2D eigenvalue weighted by atomic mass is 32.2. The minimum absolute atomic E-state index is 0.0299. The molecule has 2 heterocycles. The van der Waals surface area contributed by atoms with Crippen molar-refractivity contribution in [3.8, 4) is 0 Å². The largest absolute Gasteiger partial charge is 0.543 e. The van der Waals surface area contributed by atoms with Crippen LogP contribution in [0.5, 0.6) is 0 Å². The van der Waals surface area contributed by atoms with Gasteiger partial charge < -0.3 is 29.9 Å². The molecule has 0 spiro atoms. The molecule has 0 bridgehead atoms. The van der Waals surface area contributed by atoms with Gasteiger partial charge in [-0.3, -0.25) is 24.1 Å². The zero-order chi connectivity index (χ0) is 21.0. The van der Waals surface area contributed by atoms with Crippen LogP contribution < -0.4 is 15.5 Å². The number of carboxylic acids is 2. The first-order valence-electron chi connectivity index (χ1n) is 8.18. The SMILES string of the molecule is CC(=O)OCC1=C(C(=O)[O-])N2C(=O)[C@@H](NC(=O)CCCC(=O)C(=O)[O-])[C@H]2SC1. The van der Waals surface area contributed by atoms with Gasteiger partial charge in [-0.1, -0.05) is 0 Å². The third-order valence-corrected chi connectivity index (χ3v) is 5.38. The summed E-state index contributed by atoms with van der Waals surface area (Å²) in [4.78, 5) is 68.8. The molecule has 2 aliphatic heterocycles. The summed E-state index contributed by atoms with van der Waals surface area (Å²) in [5.74, 6) is -6.20. The van der Waals surface area contributed by atoms with Crippen molar-refractivity contribution in [3.63, 3.8) is 0 Å². The van der Waals surface area contributed by atoms with E-state index in [0.29, 0.717) is 0 Å². The first-order chi connectivity index (χ1) is 13.1. The molecular weight excluding hydrogens is 396 g/mol. The number of carbonyl (C=O) groups is 6. The van der Waals surface area contributed by atoms with Gasteiger partial charge >= 0.3 is 5.97 Å². The van der Waals surface area contributed by atoms with Gasteiger partial charge in [0.2, 0.25) is 5.91 Å². The predicted octanol–water partition coefficient (Wildman–Crippen LogP) is -3.56. The summed E-state index contributed by atoms with van der Waals surface area (Å²) >= 11 is 1.19. The fourth-order valence-corrected chi connectivity index (χ4v) is 4.06. The number of nitrogens with zero attached hydrogens (tertiary/aromatic N) is 1. The topological polar surface area (TPSA) is 173 Å². The minimum atomic E-state index is -1.82. The molecule has 0 radical (unpaired) electrons. The summed E-state index contributed by atoms with van der Waals surface area (Å²) in [6.07, 6.45) is -0.575. The van der Waals surface area contributed by atoms with Crippen LogP contribution in [-0.4, -0.2) is 64.2 Å². The van der Waals surface area contributed by atoms with Gasteiger partial charge in [0, 0.05) is 31.1 Å². The third kappa shape index (κ3) is 4.68. The molecule has 0 aromatic rings. The van der Waals surface area contributed by atoms with E-state index < -0.39 is 46.9 Å². The number of β-lactam (4-membered cyclic amide) rings is 1. The Morgan fingerprint density at radius 3 is 2.46 bits per heavy atom. The fraction of sp³-hybridized carbons (Fsp3) is 0.500. The zero-order valence-corrected chi connectivity index (χ0v) is 15.5. The maximum Gasteiger partial charge on any atom is 0.302 e. The molecule has 12 heteroatoms. The number of ketones is 1. The lowest BCUT2D eigenvalue weighted by Crippen LogP contribution is -2.71. The van der Waals surface area contributed by atoms with Gasteiger partial charge in [0.05, 0.1) is 11.7 Å². The molecule has 2 atom stereocenters. The van der Waals surface area contributed by atoms with Crippen LogP contribution in [0.3, 0.4) is 0 Å². The van der Waals surface area contributed by atoms with Crippen LogP contribution in [0.4, 0.5) is 0 Å². The monoisotopic (exact) mass is 412 g/mol. The zero-order valence-electron chi connectivity index (χ0n) is 14.7. The standard InChI is InChI=1S/C16H18N2O9S/c1-7(19)27-5-8-6-28-14-11(13(22)18(14)12(8)16(25)26)17-10(21)4-2-3-9(20)15(23)24/h11,14H,2-6H2,1H3,(H,17,21)(H,23,24)(H,25,26)/p-2/t11-,14-/m1/s1. The van der Waals surface area contributed by atoms with Crippen LogP contribution in [0, 0.1) is 0 Å². The molecule has 0 aromatic carbocycles. The van der Waals surface area contributed by atoms with E-state index in [1.807, 2.05) is 0 Å². The minimum Gasteiger partial charge on any atom is -0.543 e. The molecule has 0 aliphatic carbocycles. The Kier molecular flexibility index (Phi) is 6.78. The summed E-state index contributed by atoms with van der Waals surface area (Å²) in [6, 6.07) is -0.959. The Hall–Kier alpha value is -2.89. The van der Waals surface area contributed by atoms with E-state index in [1.54, 1.807) is 0 Å². The van der Waals surface area contributed by atoms with Crippen molar-refractivity contribution in [2.24, 2.45) is 0 Å². The molecule has 2 amide bonds. The van der Waals surface area contributed by atoms with Crippen LogP contribution in [0.25, 0.3) is 0 Å². The number of thioether (sulfide) groups is 1. The van der Waals surface area contributed by atoms with Crippen molar-refractivity contribution >= 4 is 47.3 Å². The van der Waals surface area contributed by atoms with E-state index >= 15 is 0 Å². The average Bonchev–Trinajstić information content (AvgIpc) is 2.62. The summed E-state index contributed by atoms with van der Waals surface area (Å²) in [6.45, 7) is 0.880. The lowest BCUT2D eigenvalue weighted by molar-refractivity contribution is -0.302. The second-order valence-electron chi connectivity index (χ2n) is 6.04. The number of rotatable bonds is 9. The van der Waals surface area contributed by atoms with E-state index in [0.717, 1.165) is 4.90 Å². The Balaban J connectivity index is 1.96. The molecule has 11 nitrogen and oxygen atoms in total. The van der Waals surface area contributed by atoms with Gasteiger partial charge in [-0.05, 0) is 6.42 Å². The number of hydrogen-bond acceptors (Lipinski definition) is 10. The molecule has 28 heavy (non-hydrogen) atoms. The number of Topliss-reactive ketones (excluding diaryl/α,β-unsaturated/α-hetero) is 1. The molecule has 1 N–H and O–H groups in total. The van der Waals surface area contributed by atoms with Crippen molar-refractivity contribution in [1.29, 1.82) is 0 Å². The number of hydrogen-bond donors (Lipinski definition) is 1. The van der Waals surface area contributed by atoms with E-state index in [4.69, 9.17) is 4.74 Å². The fourth-order valence-electron chi connectivity index (χ4n) is 2.73. The molecule has 152 valence electrons. The van der Waals surface area contributed by atoms with Crippen molar-refractivity contribution in [1.82, 2.24) is 10.2 Å². The van der Waals surface area contributed by atoms with Gasteiger partial charge in [-0.2, -0.15) is 0 Å². The molecular formula is C16H16N2O9S-2. The number of ether oxygens (including phenoxy) is 1. The predicted molar refractivity (Wildman–Crippen MR) is 87.6 cm³/mol. The van der Waals surface area contributed by atoms with Crippen LogP contribution in [-0.2, 0) is 33.5 Å². The Morgan fingerprint density at radius 2 is 1.89 bits per heavy atom. The second-order valence-corrected chi connectivity index (χ2v) is 7.14. The van der Waals surface area contributed by atoms with Gasteiger partial charge in [-0.15, -0.1) is 11.8 Å². The molecule has 2 aliphatic rings. The summed E-state index contributed by atoms with van der Waals surface area (Å²) in [5, 5.41) is 23.5. The van der Waals surface area contributed by atoms with Gasteiger partial charge in [0.25, 0.3) is 5.91 Å². The van der Waals surface area contributed by atoms with Crippen LogP contribution >= 0.6 is 11.8 Å². The maximum atomic E-state index is 12.3. The average molecular weight is 412 g/mol. The van der Waals surface area contributed by atoms with Crippen molar-refractivity contribution in [2.45, 2.75) is 37.6 Å². The number of aliphatic carboxylic acids is 2. The van der Waals surface area contributed by atoms with E-state index in [9.17, 15) is 39.0 Å². The van der Waals surface area contributed by atoms with E-state index in [-0.39, 0.29) is 42.9 Å². The highest BCUT2D eigenvalue weighted by Crippen LogP contribution is 2.40. The highest BCUT2D eigenvalue weighted by Gasteiger charge is 2.52. The van der Waals surface area contributed by atoms with Crippen molar-refractivity contribution in [3.05, 3.63) is 11.3 Å². The number of carbonyl (C=O) groups excluding carboxylic acids is 6. The Morgan fingerprint density at radius 1 is 1.21 bits per heavy atom. The summed E-state index contributed by atoms with van der Waals surface area (Å²) in [5.41, 5.74) is -0.157. The lowest BCUT2D eigenvalue weighted by Gasteiger charge is -2.50. The first-order valence-corrected chi connectivity index (χ1v) is 9.23. The van der Waals surface area contributed by atoms with E-state index in [1.165, 1.54) is 18.7 Å². The Bertz CT molecular complexity index is 776. The first kappa shape index (κ1) is 21.4. The number of fused-ring (bicyclic) bond motifs is 1. The normalized spacial score (nSPS) is 20.8. The second kappa shape index (κ2) is 8.87. The number of carboxylic acid groups (broad SMARTS) is 2. The summed E-state index contributed by atoms with van der Waals surface area (Å²) < 4.78 is 4.79. The van der Waals surface area contributed by atoms with Gasteiger partial charge in [0.1, 0.15) is 24.0 Å². The van der Waals surface area contributed by atoms with Crippen LogP contribution in [0.15, 0.2) is 11.3 Å². The number of amides is 2. The lowest BCUT2D eigenvalue weighted by atomic mass is 10.0. The summed E-state index contributed by atoms with van der Waals surface area (Å²) in [7, 11) is 0. The number of nitrogens with one attached hydrogen (secondary N) is 1. The quantitative estimate of drug-likeness (QED) is 0.227. The maximum absolute atomic E-state index is 12.3.